The van der Waals surface area contributed by atoms with Crippen molar-refractivity contribution in [3.63, 3.8) is 0 Å². The fourth-order valence-corrected chi connectivity index (χ4v) is 2.83. The fraction of sp³-hybridized carbons (Fsp3) is 0.900. The molecule has 4 atom stereocenters. The summed E-state index contributed by atoms with van der Waals surface area (Å²) in [5, 5.41) is 0. The Morgan fingerprint density at radius 3 is 1.30 bits per heavy atom. The number of carbonyl (C=O) groups is 2. The van der Waals surface area contributed by atoms with E-state index in [9.17, 15) is 18.4 Å². The van der Waals surface area contributed by atoms with Crippen LogP contribution in [0.1, 0.15) is 54.4 Å². The topological polar surface area (TPSA) is 111 Å². The number of ether oxygens (including phenoxy) is 2. The summed E-state index contributed by atoms with van der Waals surface area (Å²) in [5.74, 6) is 0. The zero-order valence-corrected chi connectivity index (χ0v) is 19.0. The number of alkyl halides is 2. The summed E-state index contributed by atoms with van der Waals surface area (Å²) >= 11 is 0. The molecule has 0 spiro atoms. The van der Waals surface area contributed by atoms with Gasteiger partial charge in [-0.2, -0.15) is 0 Å². The first-order chi connectivity index (χ1) is 13.6. The zero-order chi connectivity index (χ0) is 23.3. The van der Waals surface area contributed by atoms with Gasteiger partial charge in [0.05, 0.1) is 13.1 Å². The van der Waals surface area contributed by atoms with E-state index in [0.29, 0.717) is 25.9 Å². The minimum absolute atomic E-state index is 0.0378. The molecule has 0 aromatic heterocycles. The SMILES string of the molecule is CC(C)(C)OC(=O)N1CC[C@@H](N)[C@H](F)C1.CC(C)(C)OC(=O)N1CC[C@H](N)[C@@H](F)C1. The second-order valence-corrected chi connectivity index (χ2v) is 9.79. The van der Waals surface area contributed by atoms with Gasteiger partial charge in [0.25, 0.3) is 0 Å². The Bertz CT molecular complexity index is 530. The van der Waals surface area contributed by atoms with Crippen LogP contribution in [0.4, 0.5) is 18.4 Å². The first kappa shape index (κ1) is 26.4. The zero-order valence-electron chi connectivity index (χ0n) is 19.0. The molecule has 2 saturated heterocycles. The highest BCUT2D eigenvalue weighted by Crippen LogP contribution is 2.17. The minimum Gasteiger partial charge on any atom is -0.444 e. The molecule has 2 heterocycles. The van der Waals surface area contributed by atoms with E-state index in [-0.39, 0.29) is 13.1 Å². The Hall–Kier alpha value is -1.68. The number of hydrogen-bond acceptors (Lipinski definition) is 6. The van der Waals surface area contributed by atoms with Gasteiger partial charge in [-0.15, -0.1) is 0 Å². The molecule has 0 aromatic carbocycles. The van der Waals surface area contributed by atoms with E-state index in [1.807, 2.05) is 0 Å². The molecule has 0 aromatic rings. The number of nitrogens with zero attached hydrogens (tertiary/aromatic N) is 2. The van der Waals surface area contributed by atoms with Crippen LogP contribution in [0.3, 0.4) is 0 Å². The van der Waals surface area contributed by atoms with Crippen LogP contribution in [0.15, 0.2) is 0 Å². The van der Waals surface area contributed by atoms with Crippen LogP contribution in [-0.2, 0) is 9.47 Å². The predicted octanol–water partition coefficient (Wildman–Crippen LogP) is 2.59. The van der Waals surface area contributed by atoms with E-state index in [4.69, 9.17) is 20.9 Å². The van der Waals surface area contributed by atoms with E-state index in [2.05, 4.69) is 0 Å². The average molecular weight is 437 g/mol. The van der Waals surface area contributed by atoms with Gasteiger partial charge in [0.2, 0.25) is 0 Å². The number of likely N-dealkylation sites (tertiary alicyclic amines) is 2. The lowest BCUT2D eigenvalue weighted by molar-refractivity contribution is 0.0108. The third-order valence-corrected chi connectivity index (χ3v) is 4.49. The summed E-state index contributed by atoms with van der Waals surface area (Å²) in [7, 11) is 0. The normalized spacial score (nSPS) is 27.7. The molecular formula is C20H38F2N4O4. The quantitative estimate of drug-likeness (QED) is 0.604. The van der Waals surface area contributed by atoms with Gasteiger partial charge in [0.15, 0.2) is 0 Å². The van der Waals surface area contributed by atoms with Crippen molar-refractivity contribution in [2.24, 2.45) is 11.5 Å². The standard InChI is InChI=1S/2C10H19FN2O2/c2*1-10(2,3)15-9(14)13-5-4-8(12)7(11)6-13/h2*7-8H,4-6,12H2,1-3H3/t2*7-,8-/m10/s1. The molecule has 10 heteroatoms. The third-order valence-electron chi connectivity index (χ3n) is 4.49. The number of rotatable bonds is 0. The van der Waals surface area contributed by atoms with Crippen LogP contribution in [-0.4, -0.2) is 83.8 Å². The Labute approximate surface area is 178 Å². The van der Waals surface area contributed by atoms with Crippen molar-refractivity contribution in [1.82, 2.24) is 9.80 Å². The number of nitrogens with two attached hydrogens (primary N) is 2. The monoisotopic (exact) mass is 436 g/mol. The average Bonchev–Trinajstić information content (AvgIpc) is 2.57. The number of halogens is 2. The van der Waals surface area contributed by atoms with Gasteiger partial charge in [-0.25, -0.2) is 18.4 Å². The number of amides is 2. The third kappa shape index (κ3) is 9.42. The van der Waals surface area contributed by atoms with E-state index in [1.54, 1.807) is 41.5 Å². The van der Waals surface area contributed by atoms with Crippen LogP contribution >= 0.6 is 0 Å². The minimum atomic E-state index is -1.15. The van der Waals surface area contributed by atoms with E-state index < -0.39 is 47.8 Å². The highest BCUT2D eigenvalue weighted by molar-refractivity contribution is 5.68. The largest absolute Gasteiger partial charge is 0.444 e. The summed E-state index contributed by atoms with van der Waals surface area (Å²) in [6.07, 6.45) is -2.24. The number of carbonyl (C=O) groups excluding carboxylic acids is 2. The number of hydrogen-bond donors (Lipinski definition) is 2. The smallest absolute Gasteiger partial charge is 0.410 e. The molecule has 2 amide bonds. The highest BCUT2D eigenvalue weighted by atomic mass is 19.1. The van der Waals surface area contributed by atoms with Gasteiger partial charge < -0.3 is 30.7 Å². The Morgan fingerprint density at radius 1 is 0.767 bits per heavy atom. The van der Waals surface area contributed by atoms with Crippen LogP contribution in [0.2, 0.25) is 0 Å². The predicted molar refractivity (Wildman–Crippen MR) is 111 cm³/mol. The molecule has 0 aliphatic carbocycles. The fourth-order valence-electron chi connectivity index (χ4n) is 2.83. The van der Waals surface area contributed by atoms with Crippen molar-refractivity contribution >= 4 is 12.2 Å². The maximum Gasteiger partial charge on any atom is 0.410 e. The van der Waals surface area contributed by atoms with Crippen molar-refractivity contribution in [2.45, 2.75) is 90.0 Å². The Morgan fingerprint density at radius 2 is 1.07 bits per heavy atom. The second-order valence-electron chi connectivity index (χ2n) is 9.79. The van der Waals surface area contributed by atoms with Gasteiger partial charge in [0, 0.05) is 25.2 Å². The lowest BCUT2D eigenvalue weighted by atomic mass is 10.0. The maximum absolute atomic E-state index is 13.2. The first-order valence-electron chi connectivity index (χ1n) is 10.3. The summed E-state index contributed by atoms with van der Waals surface area (Å²) in [5.41, 5.74) is 9.95. The molecule has 0 bridgehead atoms. The molecular weight excluding hydrogens is 398 g/mol. The molecule has 2 rings (SSSR count). The summed E-state index contributed by atoms with van der Waals surface area (Å²) in [4.78, 5) is 25.9. The number of piperidine rings is 2. The molecule has 30 heavy (non-hydrogen) atoms. The Balaban J connectivity index is 0.000000300. The van der Waals surface area contributed by atoms with Gasteiger partial charge in [-0.05, 0) is 54.4 Å². The Kier molecular flexibility index (Phi) is 9.28. The second kappa shape index (κ2) is 10.6. The molecule has 2 fully saturated rings. The summed E-state index contributed by atoms with van der Waals surface area (Å²) < 4.78 is 36.8. The van der Waals surface area contributed by atoms with Crippen LogP contribution in [0.5, 0.6) is 0 Å². The van der Waals surface area contributed by atoms with Crippen molar-refractivity contribution < 1.29 is 27.8 Å². The first-order valence-corrected chi connectivity index (χ1v) is 10.3. The van der Waals surface area contributed by atoms with Gasteiger partial charge in [-0.1, -0.05) is 0 Å². The lowest BCUT2D eigenvalue weighted by Gasteiger charge is -2.34. The lowest BCUT2D eigenvalue weighted by Crippen LogP contribution is -2.51. The summed E-state index contributed by atoms with van der Waals surface area (Å²) in [6.45, 7) is 11.7. The van der Waals surface area contributed by atoms with Crippen LogP contribution in [0.25, 0.3) is 0 Å². The van der Waals surface area contributed by atoms with Crippen LogP contribution in [0, 0.1) is 0 Å². The molecule has 2 aliphatic heterocycles. The molecule has 4 N–H and O–H groups in total. The van der Waals surface area contributed by atoms with Gasteiger partial charge in [-0.3, -0.25) is 0 Å². The molecule has 176 valence electrons. The molecule has 0 saturated carbocycles. The molecule has 2 aliphatic rings. The van der Waals surface area contributed by atoms with Gasteiger partial charge in [0.1, 0.15) is 23.5 Å². The van der Waals surface area contributed by atoms with E-state index >= 15 is 0 Å². The summed E-state index contributed by atoms with van der Waals surface area (Å²) in [6, 6.07) is -0.910. The van der Waals surface area contributed by atoms with Crippen LogP contribution < -0.4 is 11.5 Å². The van der Waals surface area contributed by atoms with E-state index in [0.717, 1.165) is 0 Å². The highest BCUT2D eigenvalue weighted by Gasteiger charge is 2.32. The van der Waals surface area contributed by atoms with Crippen molar-refractivity contribution in [3.8, 4) is 0 Å². The van der Waals surface area contributed by atoms with Crippen molar-refractivity contribution in [2.75, 3.05) is 26.2 Å². The van der Waals surface area contributed by atoms with Crippen molar-refractivity contribution in [3.05, 3.63) is 0 Å². The molecule has 0 radical (unpaired) electrons. The molecule has 8 nitrogen and oxygen atoms in total. The van der Waals surface area contributed by atoms with Gasteiger partial charge >= 0.3 is 12.2 Å². The molecule has 0 unspecified atom stereocenters. The van der Waals surface area contributed by atoms with E-state index in [1.165, 1.54) is 9.80 Å². The maximum atomic E-state index is 13.2. The van der Waals surface area contributed by atoms with Crippen molar-refractivity contribution in [1.29, 1.82) is 0 Å².